The number of methoxy groups -OCH3 is 1. The third-order valence-corrected chi connectivity index (χ3v) is 3.51. The van der Waals surface area contributed by atoms with E-state index in [0.29, 0.717) is 0 Å². The van der Waals surface area contributed by atoms with Crippen LogP contribution in [0, 0.1) is 0 Å². The summed E-state index contributed by atoms with van der Waals surface area (Å²) >= 11 is 0. The van der Waals surface area contributed by atoms with Crippen molar-refractivity contribution in [2.75, 3.05) is 27.3 Å². The maximum absolute atomic E-state index is 5.11. The van der Waals surface area contributed by atoms with Crippen LogP contribution >= 0.6 is 0 Å². The van der Waals surface area contributed by atoms with Gasteiger partial charge in [-0.1, -0.05) is 18.2 Å². The van der Waals surface area contributed by atoms with Gasteiger partial charge >= 0.3 is 0 Å². The molecule has 1 aromatic heterocycles. The van der Waals surface area contributed by atoms with Crippen LogP contribution in [-0.2, 0) is 17.7 Å². The Morgan fingerprint density at radius 2 is 2.05 bits per heavy atom. The van der Waals surface area contributed by atoms with E-state index in [4.69, 9.17) is 4.74 Å². The SMILES string of the molecule is CNCCc1cn(CCCCOC)c2ccccc12. The summed E-state index contributed by atoms with van der Waals surface area (Å²) in [7, 11) is 3.77. The smallest absolute Gasteiger partial charge is 0.0483 e. The van der Waals surface area contributed by atoms with E-state index in [2.05, 4.69) is 40.3 Å². The number of aromatic nitrogens is 1. The lowest BCUT2D eigenvalue weighted by Crippen LogP contribution is -2.10. The molecule has 0 radical (unpaired) electrons. The van der Waals surface area contributed by atoms with E-state index >= 15 is 0 Å². The first-order chi connectivity index (χ1) is 9.36. The van der Waals surface area contributed by atoms with E-state index in [1.807, 2.05) is 7.05 Å². The van der Waals surface area contributed by atoms with Gasteiger partial charge < -0.3 is 14.6 Å². The molecule has 0 atom stereocenters. The van der Waals surface area contributed by atoms with Crippen LogP contribution in [0.15, 0.2) is 30.5 Å². The second-order valence-electron chi connectivity index (χ2n) is 4.92. The van der Waals surface area contributed by atoms with Crippen molar-refractivity contribution in [2.24, 2.45) is 0 Å². The van der Waals surface area contributed by atoms with Crippen molar-refractivity contribution in [2.45, 2.75) is 25.8 Å². The average molecular weight is 260 g/mol. The molecule has 1 N–H and O–H groups in total. The molecule has 104 valence electrons. The Balaban J connectivity index is 2.13. The molecule has 1 heterocycles. The first kappa shape index (κ1) is 14.1. The Hall–Kier alpha value is -1.32. The fourth-order valence-electron chi connectivity index (χ4n) is 2.50. The minimum absolute atomic E-state index is 0.853. The maximum atomic E-state index is 5.11. The Kier molecular flexibility index (Phi) is 5.43. The van der Waals surface area contributed by atoms with Crippen molar-refractivity contribution in [3.8, 4) is 0 Å². The molecule has 2 rings (SSSR count). The number of likely N-dealkylation sites (N-methyl/N-ethyl adjacent to an activating group) is 1. The predicted molar refractivity (Wildman–Crippen MR) is 80.7 cm³/mol. The second-order valence-corrected chi connectivity index (χ2v) is 4.92. The van der Waals surface area contributed by atoms with Gasteiger partial charge in [0.2, 0.25) is 0 Å². The average Bonchev–Trinajstić information content (AvgIpc) is 2.80. The van der Waals surface area contributed by atoms with Gasteiger partial charge in [0, 0.05) is 37.4 Å². The first-order valence-corrected chi connectivity index (χ1v) is 7.07. The van der Waals surface area contributed by atoms with Crippen molar-refractivity contribution >= 4 is 10.9 Å². The lowest BCUT2D eigenvalue weighted by atomic mass is 10.1. The highest BCUT2D eigenvalue weighted by Crippen LogP contribution is 2.22. The summed E-state index contributed by atoms with van der Waals surface area (Å²) in [5.41, 5.74) is 2.79. The van der Waals surface area contributed by atoms with Crippen LogP contribution in [0.25, 0.3) is 10.9 Å². The van der Waals surface area contributed by atoms with Gasteiger partial charge in [-0.2, -0.15) is 0 Å². The Morgan fingerprint density at radius 3 is 2.84 bits per heavy atom. The fourth-order valence-corrected chi connectivity index (χ4v) is 2.50. The molecule has 3 nitrogen and oxygen atoms in total. The monoisotopic (exact) mass is 260 g/mol. The molecule has 0 spiro atoms. The number of para-hydroxylation sites is 1. The van der Waals surface area contributed by atoms with Gasteiger partial charge in [-0.25, -0.2) is 0 Å². The van der Waals surface area contributed by atoms with Crippen molar-refractivity contribution in [3.63, 3.8) is 0 Å². The number of aryl methyl sites for hydroxylation is 1. The minimum atomic E-state index is 0.853. The number of nitrogens with zero attached hydrogens (tertiary/aromatic N) is 1. The predicted octanol–water partition coefficient (Wildman–Crippen LogP) is 2.83. The Morgan fingerprint density at radius 1 is 1.21 bits per heavy atom. The van der Waals surface area contributed by atoms with E-state index < -0.39 is 0 Å². The molecule has 0 saturated carbocycles. The number of fused-ring (bicyclic) bond motifs is 1. The van der Waals surface area contributed by atoms with Crippen LogP contribution in [0.4, 0.5) is 0 Å². The normalized spacial score (nSPS) is 11.3. The molecule has 0 saturated heterocycles. The van der Waals surface area contributed by atoms with Crippen LogP contribution < -0.4 is 5.32 Å². The Labute approximate surface area is 115 Å². The van der Waals surface area contributed by atoms with Crippen molar-refractivity contribution < 1.29 is 4.74 Å². The van der Waals surface area contributed by atoms with Gasteiger partial charge in [0.25, 0.3) is 0 Å². The molecule has 19 heavy (non-hydrogen) atoms. The van der Waals surface area contributed by atoms with Crippen LogP contribution in [0.2, 0.25) is 0 Å². The van der Waals surface area contributed by atoms with Crippen molar-refractivity contribution in [1.29, 1.82) is 0 Å². The number of unbranched alkanes of at least 4 members (excludes halogenated alkanes) is 1. The van der Waals surface area contributed by atoms with Crippen LogP contribution in [0.1, 0.15) is 18.4 Å². The zero-order valence-corrected chi connectivity index (χ0v) is 12.0. The molecule has 0 aliphatic carbocycles. The number of benzene rings is 1. The highest BCUT2D eigenvalue weighted by atomic mass is 16.5. The van der Waals surface area contributed by atoms with Crippen molar-refractivity contribution in [3.05, 3.63) is 36.0 Å². The molecule has 3 heteroatoms. The zero-order chi connectivity index (χ0) is 13.5. The summed E-state index contributed by atoms with van der Waals surface area (Å²) in [6.45, 7) is 2.95. The largest absolute Gasteiger partial charge is 0.385 e. The standard InChI is InChI=1S/C16H24N2O/c1-17-10-9-14-13-18(11-5-6-12-19-2)16-8-4-3-7-15(14)16/h3-4,7-8,13,17H,5-6,9-12H2,1-2H3. The number of hydrogen-bond acceptors (Lipinski definition) is 2. The molecule has 0 bridgehead atoms. The molecule has 0 aliphatic rings. The lowest BCUT2D eigenvalue weighted by molar-refractivity contribution is 0.191. The minimum Gasteiger partial charge on any atom is -0.385 e. The molecular formula is C16H24N2O. The summed E-state index contributed by atoms with van der Waals surface area (Å²) in [6, 6.07) is 8.69. The molecule has 2 aromatic rings. The summed E-state index contributed by atoms with van der Waals surface area (Å²) in [5, 5.41) is 4.62. The number of nitrogens with one attached hydrogen (secondary N) is 1. The van der Waals surface area contributed by atoms with Gasteiger partial charge in [-0.3, -0.25) is 0 Å². The molecule has 1 aromatic carbocycles. The van der Waals surface area contributed by atoms with Crippen LogP contribution in [0.3, 0.4) is 0 Å². The maximum Gasteiger partial charge on any atom is 0.0483 e. The van der Waals surface area contributed by atoms with Gasteiger partial charge in [-0.15, -0.1) is 0 Å². The van der Waals surface area contributed by atoms with E-state index in [9.17, 15) is 0 Å². The van der Waals surface area contributed by atoms with E-state index in [1.54, 1.807) is 7.11 Å². The van der Waals surface area contributed by atoms with Gasteiger partial charge in [0.1, 0.15) is 0 Å². The zero-order valence-electron chi connectivity index (χ0n) is 12.0. The fraction of sp³-hybridized carbons (Fsp3) is 0.500. The number of rotatable bonds is 8. The number of hydrogen-bond donors (Lipinski definition) is 1. The van der Waals surface area contributed by atoms with Crippen LogP contribution in [-0.4, -0.2) is 31.9 Å². The molecule has 0 amide bonds. The quantitative estimate of drug-likeness (QED) is 0.739. The van der Waals surface area contributed by atoms with E-state index in [1.165, 1.54) is 16.5 Å². The van der Waals surface area contributed by atoms with Gasteiger partial charge in [0.15, 0.2) is 0 Å². The molecule has 0 aliphatic heterocycles. The summed E-state index contributed by atoms with van der Waals surface area (Å²) in [6.07, 6.45) is 5.68. The summed E-state index contributed by atoms with van der Waals surface area (Å²) in [5.74, 6) is 0. The Bertz CT molecular complexity index is 504. The van der Waals surface area contributed by atoms with Crippen molar-refractivity contribution in [1.82, 2.24) is 9.88 Å². The highest BCUT2D eigenvalue weighted by Gasteiger charge is 2.07. The molecule has 0 fully saturated rings. The first-order valence-electron chi connectivity index (χ1n) is 7.07. The third kappa shape index (κ3) is 3.58. The van der Waals surface area contributed by atoms with E-state index in [-0.39, 0.29) is 0 Å². The topological polar surface area (TPSA) is 26.2 Å². The lowest BCUT2D eigenvalue weighted by Gasteiger charge is -2.04. The summed E-state index contributed by atoms with van der Waals surface area (Å²) < 4.78 is 7.49. The summed E-state index contributed by atoms with van der Waals surface area (Å²) in [4.78, 5) is 0. The van der Waals surface area contributed by atoms with Gasteiger partial charge in [-0.05, 0) is 44.5 Å². The van der Waals surface area contributed by atoms with Gasteiger partial charge in [0.05, 0.1) is 0 Å². The van der Waals surface area contributed by atoms with Crippen LogP contribution in [0.5, 0.6) is 0 Å². The molecular weight excluding hydrogens is 236 g/mol. The van der Waals surface area contributed by atoms with E-state index in [0.717, 1.165) is 39.0 Å². The number of ether oxygens (including phenoxy) is 1. The highest BCUT2D eigenvalue weighted by molar-refractivity contribution is 5.84. The molecule has 0 unspecified atom stereocenters. The second kappa shape index (κ2) is 7.31. The third-order valence-electron chi connectivity index (χ3n) is 3.51.